The highest BCUT2D eigenvalue weighted by Gasteiger charge is 2.41. The van der Waals surface area contributed by atoms with E-state index in [-0.39, 0.29) is 23.9 Å². The first-order chi connectivity index (χ1) is 14.8. The molecular weight excluding hydrogens is 424 g/mol. The van der Waals surface area contributed by atoms with Crippen LogP contribution in [0.5, 0.6) is 0 Å². The molecule has 4 rings (SSSR count). The summed E-state index contributed by atoms with van der Waals surface area (Å²) in [5.41, 5.74) is 3.77. The molecule has 1 aromatic carbocycles. The SMILES string of the molecule is Cc1ccc(C2C(c3ccccn3)NC(=S)N2c2ccc(NC(=O)C(C)C)c(C)c2)s1. The quantitative estimate of drug-likeness (QED) is 0.501. The number of nitrogens with zero attached hydrogens (tertiary/aromatic N) is 2. The predicted molar refractivity (Wildman–Crippen MR) is 132 cm³/mol. The zero-order chi connectivity index (χ0) is 22.1. The van der Waals surface area contributed by atoms with Gasteiger partial charge in [0, 0.05) is 33.2 Å². The van der Waals surface area contributed by atoms with E-state index in [4.69, 9.17) is 12.2 Å². The van der Waals surface area contributed by atoms with Gasteiger partial charge in [0.25, 0.3) is 0 Å². The second-order valence-electron chi connectivity index (χ2n) is 8.09. The van der Waals surface area contributed by atoms with E-state index in [9.17, 15) is 4.79 Å². The van der Waals surface area contributed by atoms with Gasteiger partial charge in [0.05, 0.1) is 17.8 Å². The van der Waals surface area contributed by atoms with E-state index in [1.165, 1.54) is 9.75 Å². The van der Waals surface area contributed by atoms with Gasteiger partial charge in [0.2, 0.25) is 5.91 Å². The van der Waals surface area contributed by atoms with Gasteiger partial charge < -0.3 is 15.5 Å². The molecule has 0 saturated carbocycles. The van der Waals surface area contributed by atoms with Gasteiger partial charge in [-0.15, -0.1) is 11.3 Å². The number of aryl methyl sites for hydroxylation is 2. The largest absolute Gasteiger partial charge is 0.351 e. The third kappa shape index (κ3) is 4.34. The molecule has 0 aliphatic carbocycles. The predicted octanol–water partition coefficient (Wildman–Crippen LogP) is 5.53. The average molecular weight is 451 g/mol. The van der Waals surface area contributed by atoms with Crippen molar-refractivity contribution in [3.8, 4) is 0 Å². The molecule has 2 aromatic heterocycles. The minimum absolute atomic E-state index is 0.00314. The van der Waals surface area contributed by atoms with Gasteiger partial charge >= 0.3 is 0 Å². The van der Waals surface area contributed by atoms with Gasteiger partial charge in [0.1, 0.15) is 0 Å². The van der Waals surface area contributed by atoms with E-state index >= 15 is 0 Å². The number of carbonyl (C=O) groups excluding carboxylic acids is 1. The molecule has 1 aliphatic rings. The van der Waals surface area contributed by atoms with Crippen molar-refractivity contribution < 1.29 is 4.79 Å². The topological polar surface area (TPSA) is 57.3 Å². The number of hydrogen-bond donors (Lipinski definition) is 2. The van der Waals surface area contributed by atoms with Crippen LogP contribution in [0.3, 0.4) is 0 Å². The van der Waals surface area contributed by atoms with Crippen LogP contribution in [-0.4, -0.2) is 16.0 Å². The molecule has 0 radical (unpaired) electrons. The fourth-order valence-corrected chi connectivity index (χ4v) is 5.10. The number of benzene rings is 1. The molecule has 7 heteroatoms. The van der Waals surface area contributed by atoms with Crippen molar-refractivity contribution in [1.29, 1.82) is 0 Å². The Morgan fingerprint density at radius 3 is 2.61 bits per heavy atom. The summed E-state index contributed by atoms with van der Waals surface area (Å²) in [6.07, 6.45) is 1.82. The van der Waals surface area contributed by atoms with Crippen LogP contribution in [0.2, 0.25) is 0 Å². The summed E-state index contributed by atoms with van der Waals surface area (Å²) in [6, 6.07) is 16.3. The normalized spacial score (nSPS) is 18.4. The number of carbonyl (C=O) groups is 1. The molecule has 0 bridgehead atoms. The molecule has 31 heavy (non-hydrogen) atoms. The van der Waals surface area contributed by atoms with Crippen LogP contribution in [0, 0.1) is 19.8 Å². The van der Waals surface area contributed by atoms with Crippen molar-refractivity contribution in [3.63, 3.8) is 0 Å². The van der Waals surface area contributed by atoms with Crippen molar-refractivity contribution in [2.75, 3.05) is 10.2 Å². The molecule has 1 amide bonds. The molecular formula is C24H26N4OS2. The van der Waals surface area contributed by atoms with E-state index in [2.05, 4.69) is 45.6 Å². The summed E-state index contributed by atoms with van der Waals surface area (Å²) < 4.78 is 0. The van der Waals surface area contributed by atoms with Crippen molar-refractivity contribution in [3.05, 3.63) is 75.7 Å². The summed E-state index contributed by atoms with van der Waals surface area (Å²) in [4.78, 5) is 21.4. The lowest BCUT2D eigenvalue weighted by Crippen LogP contribution is -2.29. The maximum Gasteiger partial charge on any atom is 0.226 e. The second kappa shape index (κ2) is 8.77. The zero-order valence-corrected chi connectivity index (χ0v) is 19.7. The number of anilines is 2. The van der Waals surface area contributed by atoms with E-state index in [1.807, 2.05) is 57.3 Å². The number of hydrogen-bond acceptors (Lipinski definition) is 4. The summed E-state index contributed by atoms with van der Waals surface area (Å²) in [7, 11) is 0. The molecule has 0 spiro atoms. The Morgan fingerprint density at radius 2 is 2.00 bits per heavy atom. The molecule has 5 nitrogen and oxygen atoms in total. The van der Waals surface area contributed by atoms with Crippen LogP contribution in [0.1, 0.15) is 46.9 Å². The van der Waals surface area contributed by atoms with E-state index < -0.39 is 0 Å². The Hall–Kier alpha value is -2.77. The lowest BCUT2D eigenvalue weighted by Gasteiger charge is -2.27. The monoisotopic (exact) mass is 450 g/mol. The summed E-state index contributed by atoms with van der Waals surface area (Å²) >= 11 is 7.56. The number of pyridine rings is 1. The summed E-state index contributed by atoms with van der Waals surface area (Å²) in [5, 5.41) is 7.17. The van der Waals surface area contributed by atoms with Crippen LogP contribution in [0.4, 0.5) is 11.4 Å². The smallest absolute Gasteiger partial charge is 0.226 e. The number of rotatable bonds is 5. The van der Waals surface area contributed by atoms with Crippen molar-refractivity contribution in [2.24, 2.45) is 5.92 Å². The average Bonchev–Trinajstić information content (AvgIpc) is 3.32. The maximum atomic E-state index is 12.1. The molecule has 160 valence electrons. The highest BCUT2D eigenvalue weighted by molar-refractivity contribution is 7.80. The standard InChI is InChI=1S/C24H26N4OS2/c1-14(2)23(29)26-18-10-9-17(13-15(18)3)28-22(20-11-8-16(4)31-20)21(27-24(28)30)19-7-5-6-12-25-19/h5-14,21-22H,1-4H3,(H,26,29)(H,27,30). The number of thiocarbonyl (C=S) groups is 1. The molecule has 1 fully saturated rings. The van der Waals surface area contributed by atoms with Crippen molar-refractivity contribution in [1.82, 2.24) is 10.3 Å². The van der Waals surface area contributed by atoms with E-state index in [1.54, 1.807) is 11.3 Å². The highest BCUT2D eigenvalue weighted by Crippen LogP contribution is 2.44. The number of amides is 1. The van der Waals surface area contributed by atoms with Gasteiger partial charge in [-0.1, -0.05) is 19.9 Å². The number of nitrogens with one attached hydrogen (secondary N) is 2. The molecule has 2 unspecified atom stereocenters. The molecule has 3 aromatic rings. The van der Waals surface area contributed by atoms with Crippen LogP contribution in [0.25, 0.3) is 0 Å². The van der Waals surface area contributed by atoms with Crippen LogP contribution in [0.15, 0.2) is 54.7 Å². The van der Waals surface area contributed by atoms with E-state index in [0.717, 1.165) is 22.6 Å². The van der Waals surface area contributed by atoms with Crippen LogP contribution < -0.4 is 15.5 Å². The Bertz CT molecular complexity index is 1110. The minimum atomic E-state index is -0.0694. The lowest BCUT2D eigenvalue weighted by atomic mass is 10.0. The molecule has 2 atom stereocenters. The van der Waals surface area contributed by atoms with Crippen molar-refractivity contribution >= 4 is 45.9 Å². The van der Waals surface area contributed by atoms with Gasteiger partial charge in [-0.2, -0.15) is 0 Å². The fourth-order valence-electron chi connectivity index (χ4n) is 3.75. The van der Waals surface area contributed by atoms with Gasteiger partial charge in [-0.05, 0) is 74.1 Å². The Balaban J connectivity index is 1.73. The number of thiophene rings is 1. The van der Waals surface area contributed by atoms with E-state index in [0.29, 0.717) is 5.11 Å². The highest BCUT2D eigenvalue weighted by atomic mass is 32.1. The third-order valence-electron chi connectivity index (χ3n) is 5.42. The summed E-state index contributed by atoms with van der Waals surface area (Å²) in [6.45, 7) is 7.90. The van der Waals surface area contributed by atoms with Crippen LogP contribution in [-0.2, 0) is 4.79 Å². The Kier molecular flexibility index (Phi) is 6.07. The first-order valence-corrected chi connectivity index (χ1v) is 11.6. The molecule has 3 heterocycles. The Labute approximate surface area is 192 Å². The van der Waals surface area contributed by atoms with Gasteiger partial charge in [0.15, 0.2) is 5.11 Å². The first kappa shape index (κ1) is 21.5. The fraction of sp³-hybridized carbons (Fsp3) is 0.292. The zero-order valence-electron chi connectivity index (χ0n) is 18.0. The summed E-state index contributed by atoms with van der Waals surface area (Å²) in [5.74, 6) is -0.0589. The maximum absolute atomic E-state index is 12.1. The molecule has 2 N–H and O–H groups in total. The van der Waals surface area contributed by atoms with Gasteiger partial charge in [-0.25, -0.2) is 0 Å². The first-order valence-electron chi connectivity index (χ1n) is 10.3. The molecule has 1 aliphatic heterocycles. The van der Waals surface area contributed by atoms with Crippen molar-refractivity contribution in [2.45, 2.75) is 39.8 Å². The second-order valence-corrected chi connectivity index (χ2v) is 9.79. The third-order valence-corrected chi connectivity index (χ3v) is 6.81. The minimum Gasteiger partial charge on any atom is -0.351 e. The Morgan fingerprint density at radius 1 is 1.19 bits per heavy atom. The lowest BCUT2D eigenvalue weighted by molar-refractivity contribution is -0.118. The number of aromatic nitrogens is 1. The van der Waals surface area contributed by atoms with Crippen LogP contribution >= 0.6 is 23.6 Å². The molecule has 1 saturated heterocycles. The van der Waals surface area contributed by atoms with Gasteiger partial charge in [-0.3, -0.25) is 9.78 Å².